The lowest BCUT2D eigenvalue weighted by Crippen LogP contribution is -2.34. The molecule has 1 aliphatic heterocycles. The lowest BCUT2D eigenvalue weighted by molar-refractivity contribution is 0.0525. The summed E-state index contributed by atoms with van der Waals surface area (Å²) >= 11 is 0. The van der Waals surface area contributed by atoms with Gasteiger partial charge in [0.05, 0.1) is 18.4 Å². The molecule has 1 aromatic carbocycles. The van der Waals surface area contributed by atoms with Gasteiger partial charge in [0.25, 0.3) is 5.91 Å². The van der Waals surface area contributed by atoms with E-state index in [2.05, 4.69) is 10.4 Å². The van der Waals surface area contributed by atoms with E-state index in [0.717, 1.165) is 39.2 Å². The summed E-state index contributed by atoms with van der Waals surface area (Å²) in [7, 11) is 1.81. The molecule has 0 atom stereocenters. The smallest absolute Gasteiger partial charge is 0.407 e. The van der Waals surface area contributed by atoms with Crippen LogP contribution in [-0.2, 0) is 17.8 Å². The molecule has 2 amide bonds. The van der Waals surface area contributed by atoms with Crippen LogP contribution in [0.1, 0.15) is 42.4 Å². The van der Waals surface area contributed by atoms with E-state index >= 15 is 0 Å². The Labute approximate surface area is 193 Å². The van der Waals surface area contributed by atoms with Gasteiger partial charge in [0, 0.05) is 54.3 Å². The predicted molar refractivity (Wildman–Crippen MR) is 126 cm³/mol. The first-order valence-electron chi connectivity index (χ1n) is 11.0. The van der Waals surface area contributed by atoms with Crippen LogP contribution in [0.5, 0.6) is 0 Å². The maximum atomic E-state index is 12.5. The van der Waals surface area contributed by atoms with Gasteiger partial charge < -0.3 is 15.0 Å². The van der Waals surface area contributed by atoms with Gasteiger partial charge >= 0.3 is 6.09 Å². The zero-order chi connectivity index (χ0) is 23.8. The van der Waals surface area contributed by atoms with Gasteiger partial charge in [-0.3, -0.25) is 14.5 Å². The minimum Gasteiger partial charge on any atom is -0.444 e. The molecule has 0 unspecified atom stereocenters. The van der Waals surface area contributed by atoms with Crippen LogP contribution in [0.4, 0.5) is 4.79 Å². The fourth-order valence-electron chi connectivity index (χ4n) is 3.82. The van der Waals surface area contributed by atoms with Crippen molar-refractivity contribution in [3.63, 3.8) is 0 Å². The monoisotopic (exact) mass is 447 g/mol. The van der Waals surface area contributed by atoms with Crippen molar-refractivity contribution in [2.75, 3.05) is 13.6 Å². The second-order valence-electron chi connectivity index (χ2n) is 9.30. The average Bonchev–Trinajstić information content (AvgIpc) is 3.31. The highest BCUT2D eigenvalue weighted by molar-refractivity contribution is 5.99. The number of nitrogens with zero attached hydrogens (tertiary/aromatic N) is 4. The maximum Gasteiger partial charge on any atom is 0.407 e. The van der Waals surface area contributed by atoms with Crippen molar-refractivity contribution in [3.8, 4) is 22.4 Å². The molecule has 4 rings (SSSR count). The van der Waals surface area contributed by atoms with Crippen molar-refractivity contribution in [1.29, 1.82) is 0 Å². The highest BCUT2D eigenvalue weighted by Crippen LogP contribution is 2.33. The molecule has 0 bridgehead atoms. The minimum atomic E-state index is -0.532. The molecular formula is C25H29N5O3. The fourth-order valence-corrected chi connectivity index (χ4v) is 3.82. The summed E-state index contributed by atoms with van der Waals surface area (Å²) in [4.78, 5) is 30.8. The largest absolute Gasteiger partial charge is 0.444 e. The summed E-state index contributed by atoms with van der Waals surface area (Å²) in [5.41, 5.74) is 5.69. The fraction of sp³-hybridized carbons (Fsp3) is 0.360. The number of hydrogen-bond acceptors (Lipinski definition) is 5. The zero-order valence-corrected chi connectivity index (χ0v) is 19.7. The van der Waals surface area contributed by atoms with Crippen molar-refractivity contribution in [2.24, 2.45) is 0 Å². The molecule has 8 nitrogen and oxygen atoms in total. The van der Waals surface area contributed by atoms with Gasteiger partial charge in [0.1, 0.15) is 5.60 Å². The summed E-state index contributed by atoms with van der Waals surface area (Å²) in [5, 5.41) is 7.18. The molecule has 0 radical (unpaired) electrons. The maximum absolute atomic E-state index is 12.5. The second kappa shape index (κ2) is 8.69. The van der Waals surface area contributed by atoms with E-state index in [9.17, 15) is 9.59 Å². The first kappa shape index (κ1) is 22.5. The number of pyridine rings is 1. The zero-order valence-electron chi connectivity index (χ0n) is 19.7. The van der Waals surface area contributed by atoms with E-state index < -0.39 is 11.7 Å². The molecule has 0 spiro atoms. The lowest BCUT2D eigenvalue weighted by Gasteiger charge is -2.19. The molecule has 33 heavy (non-hydrogen) atoms. The Bertz CT molecular complexity index is 1210. The third kappa shape index (κ3) is 5.05. The van der Waals surface area contributed by atoms with Gasteiger partial charge in [0.2, 0.25) is 0 Å². The minimum absolute atomic E-state index is 0.0337. The number of carbonyl (C=O) groups is 2. The molecule has 1 N–H and O–H groups in total. The van der Waals surface area contributed by atoms with E-state index in [1.807, 2.05) is 71.3 Å². The van der Waals surface area contributed by atoms with Gasteiger partial charge in [-0.2, -0.15) is 5.10 Å². The molecule has 0 fully saturated rings. The second-order valence-corrected chi connectivity index (χ2v) is 9.30. The van der Waals surface area contributed by atoms with Gasteiger partial charge in [-0.15, -0.1) is 0 Å². The van der Waals surface area contributed by atoms with E-state index in [1.54, 1.807) is 15.8 Å². The van der Waals surface area contributed by atoms with Crippen LogP contribution in [0.3, 0.4) is 0 Å². The van der Waals surface area contributed by atoms with Crippen LogP contribution < -0.4 is 5.32 Å². The quantitative estimate of drug-likeness (QED) is 0.638. The van der Waals surface area contributed by atoms with Crippen molar-refractivity contribution in [2.45, 2.75) is 46.4 Å². The normalized spacial score (nSPS) is 13.2. The van der Waals surface area contributed by atoms with Gasteiger partial charge in [-0.05, 0) is 45.4 Å². The summed E-state index contributed by atoms with van der Waals surface area (Å²) in [6.07, 6.45) is 3.27. The molecule has 2 aromatic heterocycles. The lowest BCUT2D eigenvalue weighted by atomic mass is 9.98. The predicted octanol–water partition coefficient (Wildman–Crippen LogP) is 4.03. The van der Waals surface area contributed by atoms with Crippen LogP contribution in [0.15, 0.2) is 42.7 Å². The number of benzene rings is 1. The number of nitrogens with one attached hydrogen (secondary N) is 1. The number of amides is 2. The van der Waals surface area contributed by atoms with E-state index in [1.165, 1.54) is 0 Å². The molecule has 0 saturated heterocycles. The molecule has 0 aliphatic carbocycles. The van der Waals surface area contributed by atoms with Crippen molar-refractivity contribution in [3.05, 3.63) is 59.5 Å². The number of alkyl carbamates (subject to hydrolysis) is 1. The third-order valence-electron chi connectivity index (χ3n) is 5.36. The standard InChI is InChI=1S/C25H29N5O3/c1-16-6-9-20(19-13-27-30(15-19)11-10-26-24(32)33-25(2,3)4)22(28-16)17-7-8-18-14-29(5)23(31)21(18)12-17/h6-9,12-13,15H,10-11,14H2,1-5H3,(H,26,32). The Morgan fingerprint density at radius 3 is 2.70 bits per heavy atom. The van der Waals surface area contributed by atoms with Crippen molar-refractivity contribution < 1.29 is 14.3 Å². The van der Waals surface area contributed by atoms with Crippen molar-refractivity contribution >= 4 is 12.0 Å². The molecule has 3 aromatic rings. The highest BCUT2D eigenvalue weighted by Gasteiger charge is 2.25. The Balaban J connectivity index is 1.54. The number of aryl methyl sites for hydroxylation is 1. The number of ether oxygens (including phenoxy) is 1. The number of rotatable bonds is 5. The van der Waals surface area contributed by atoms with Gasteiger partial charge in [-0.25, -0.2) is 4.79 Å². The topological polar surface area (TPSA) is 89.3 Å². The molecule has 1 aliphatic rings. The van der Waals surface area contributed by atoms with Gasteiger partial charge in [0.15, 0.2) is 0 Å². The number of aromatic nitrogens is 3. The summed E-state index contributed by atoms with van der Waals surface area (Å²) in [6.45, 7) is 8.97. The van der Waals surface area contributed by atoms with Gasteiger partial charge in [-0.1, -0.05) is 18.2 Å². The highest BCUT2D eigenvalue weighted by atomic mass is 16.6. The van der Waals surface area contributed by atoms with Crippen LogP contribution in [-0.4, -0.2) is 50.9 Å². The molecule has 0 saturated carbocycles. The van der Waals surface area contributed by atoms with E-state index in [-0.39, 0.29) is 5.91 Å². The molecule has 172 valence electrons. The Morgan fingerprint density at radius 1 is 1.15 bits per heavy atom. The Hall–Kier alpha value is -3.68. The molecule has 8 heteroatoms. The van der Waals surface area contributed by atoms with E-state index in [4.69, 9.17) is 9.72 Å². The van der Waals surface area contributed by atoms with Crippen LogP contribution >= 0.6 is 0 Å². The SMILES string of the molecule is Cc1ccc(-c2cnn(CCNC(=O)OC(C)(C)C)c2)c(-c2ccc3c(c2)C(=O)N(C)C3)n1. The summed E-state index contributed by atoms with van der Waals surface area (Å²) in [5.74, 6) is 0.0337. The summed E-state index contributed by atoms with van der Waals surface area (Å²) < 4.78 is 7.03. The third-order valence-corrected chi connectivity index (χ3v) is 5.36. The Morgan fingerprint density at radius 2 is 1.94 bits per heavy atom. The number of fused-ring (bicyclic) bond motifs is 1. The first-order valence-corrected chi connectivity index (χ1v) is 11.0. The van der Waals surface area contributed by atoms with Crippen LogP contribution in [0, 0.1) is 6.92 Å². The number of carbonyl (C=O) groups excluding carboxylic acids is 2. The molecule has 3 heterocycles. The van der Waals surface area contributed by atoms with Crippen molar-refractivity contribution in [1.82, 2.24) is 25.0 Å². The van der Waals surface area contributed by atoms with E-state index in [0.29, 0.717) is 19.6 Å². The average molecular weight is 448 g/mol. The molecular weight excluding hydrogens is 418 g/mol. The van der Waals surface area contributed by atoms with Crippen LogP contribution in [0.25, 0.3) is 22.4 Å². The summed E-state index contributed by atoms with van der Waals surface area (Å²) in [6, 6.07) is 9.95. The number of hydrogen-bond donors (Lipinski definition) is 1. The van der Waals surface area contributed by atoms with Crippen LogP contribution in [0.2, 0.25) is 0 Å². The first-order chi connectivity index (χ1) is 15.6. The Kier molecular flexibility index (Phi) is 5.93.